The van der Waals surface area contributed by atoms with Crippen LogP contribution in [-0.2, 0) is 0 Å². The molecule has 0 aromatic rings. The van der Waals surface area contributed by atoms with Crippen LogP contribution in [0.15, 0.2) is 0 Å². The van der Waals surface area contributed by atoms with Crippen LogP contribution in [0, 0.1) is 21.7 Å². The molecule has 4 fully saturated rings. The maximum atomic E-state index is 2.62. The fourth-order valence-electron chi connectivity index (χ4n) is 5.89. The molecule has 0 saturated carbocycles. The van der Waals surface area contributed by atoms with Gasteiger partial charge in [0.2, 0.25) is 0 Å². The fourth-order valence-corrected chi connectivity index (χ4v) is 55.6. The molecule has 7 unspecified atom stereocenters. The molecule has 0 nitrogen and oxygen atoms in total. The van der Waals surface area contributed by atoms with Gasteiger partial charge in [0.05, 0.1) is 9.54 Å². The third kappa shape index (κ3) is 1.83. The summed E-state index contributed by atoms with van der Waals surface area (Å²) in [6, 6.07) is 0. The molecule has 0 amide bonds. The lowest BCUT2D eigenvalue weighted by molar-refractivity contribution is 0.253. The van der Waals surface area contributed by atoms with Crippen LogP contribution in [0.2, 0.25) is 0 Å². The number of hydrogen-bond acceptors (Lipinski definition) is 0. The predicted molar refractivity (Wildman–Crippen MR) is 127 cm³/mol. The van der Waals surface area contributed by atoms with E-state index in [0.717, 1.165) is 4.64 Å². The zero-order valence-corrected chi connectivity index (χ0v) is 22.9. The molecule has 5 aliphatic heterocycles. The maximum absolute atomic E-state index is 2.62. The smallest absolute Gasteiger partial charge is 0.0570 e. The van der Waals surface area contributed by atoms with E-state index in [4.69, 9.17) is 0 Å². The summed E-state index contributed by atoms with van der Waals surface area (Å²) >= 11 is 0. The lowest BCUT2D eigenvalue weighted by Crippen LogP contribution is -2.52. The number of rotatable bonds is 0. The Labute approximate surface area is 163 Å². The van der Waals surface area contributed by atoms with Crippen LogP contribution in [0.4, 0.5) is 0 Å². The Morgan fingerprint density at radius 1 is 0.760 bits per heavy atom. The van der Waals surface area contributed by atoms with Crippen molar-refractivity contribution >= 4 is 44.3 Å². The summed E-state index contributed by atoms with van der Waals surface area (Å²) in [5, 5.41) is 2.01. The van der Waals surface area contributed by atoms with E-state index in [-0.39, 0.29) is 15.5 Å². The zero-order valence-electron chi connectivity index (χ0n) is 18.3. The van der Waals surface area contributed by atoms with Gasteiger partial charge >= 0.3 is 0 Å². The molecule has 0 N–H and O–H groups in total. The Morgan fingerprint density at radius 3 is 1.60 bits per heavy atom. The number of hydrogen-bond donors (Lipinski definition) is 0. The van der Waals surface area contributed by atoms with Crippen molar-refractivity contribution in [1.82, 2.24) is 0 Å². The molecule has 4 saturated heterocycles. The van der Waals surface area contributed by atoms with Gasteiger partial charge in [-0.25, -0.2) is 0 Å². The van der Waals surface area contributed by atoms with Crippen molar-refractivity contribution in [1.29, 1.82) is 0 Å². The van der Waals surface area contributed by atoms with Crippen molar-refractivity contribution in [3.63, 3.8) is 0 Å². The van der Waals surface area contributed by atoms with Gasteiger partial charge in [0.1, 0.15) is 0 Å². The molecule has 0 spiro atoms. The van der Waals surface area contributed by atoms with Gasteiger partial charge in [-0.05, 0) is 49.5 Å². The van der Waals surface area contributed by atoms with Crippen LogP contribution in [0.1, 0.15) is 83.1 Å². The highest BCUT2D eigenvalue weighted by molar-refractivity contribution is 8.80. The third-order valence-electron chi connectivity index (χ3n) is 6.76. The van der Waals surface area contributed by atoms with Crippen molar-refractivity contribution < 1.29 is 0 Å². The van der Waals surface area contributed by atoms with Crippen molar-refractivity contribution in [3.05, 3.63) is 0 Å². The molecular formula is C20H37P5. The molecule has 5 rings (SSSR count). The second-order valence-electron chi connectivity index (χ2n) is 12.5. The minimum absolute atomic E-state index is 0.0222. The van der Waals surface area contributed by atoms with Crippen LogP contribution >= 0.6 is 39.3 Å². The molecule has 0 aromatic carbocycles. The van der Waals surface area contributed by atoms with Crippen LogP contribution in [0.5, 0.6) is 0 Å². The quantitative estimate of drug-likeness (QED) is 0.335. The Kier molecular flexibility index (Phi) is 3.86. The van der Waals surface area contributed by atoms with Crippen molar-refractivity contribution in [2.24, 2.45) is 21.7 Å². The van der Waals surface area contributed by atoms with E-state index in [1.165, 1.54) is 8.27 Å². The molecule has 5 heterocycles. The lowest BCUT2D eigenvalue weighted by Gasteiger charge is -2.53. The van der Waals surface area contributed by atoms with Crippen molar-refractivity contribution in [2.75, 3.05) is 0 Å². The molecule has 6 bridgehead atoms. The standard InChI is InChI=1S/C20H37P5/c1-14(2,3)13-21-18(15(4,5)6)19(16(7,8)9)22-25-20(23(13)19,24(18)25)17(10,11)12/h22H,1-12H3. The minimum atomic E-state index is 0.0222. The first-order chi connectivity index (χ1) is 10.9. The molecule has 0 radical (unpaired) electrons. The summed E-state index contributed by atoms with van der Waals surface area (Å²) in [4.78, 5) is 1.25. The average Bonchev–Trinajstić information content (AvgIpc) is 2.68. The molecular weight excluding hydrogens is 395 g/mol. The third-order valence-corrected chi connectivity index (χ3v) is 37.8. The van der Waals surface area contributed by atoms with E-state index in [1.54, 1.807) is 0 Å². The molecule has 5 heteroatoms. The summed E-state index contributed by atoms with van der Waals surface area (Å²) in [5.74, 6) is 0. The molecule has 25 heavy (non-hydrogen) atoms. The van der Waals surface area contributed by atoms with E-state index in [2.05, 4.69) is 83.1 Å². The fraction of sp³-hybridized carbons (Fsp3) is 0.950. The van der Waals surface area contributed by atoms with E-state index < -0.39 is 0 Å². The topological polar surface area (TPSA) is 0 Å². The molecule has 5 aliphatic rings. The van der Waals surface area contributed by atoms with Crippen LogP contribution < -0.4 is 0 Å². The first kappa shape index (κ1) is 20.2. The lowest BCUT2D eigenvalue weighted by atomic mass is 9.78. The van der Waals surface area contributed by atoms with Crippen LogP contribution in [0.25, 0.3) is 0 Å². The zero-order chi connectivity index (χ0) is 19.2. The largest absolute Gasteiger partial charge is 0.0859 e. The van der Waals surface area contributed by atoms with Crippen molar-refractivity contribution in [2.45, 2.75) is 97.5 Å². The van der Waals surface area contributed by atoms with E-state index in [9.17, 15) is 0 Å². The molecule has 7 atom stereocenters. The SMILES string of the molecule is CC(C)(C)C1=PC2(C(C)(C)C)P3P4PC2(C(C)(C)C)P1C43C(C)(C)C. The highest BCUT2D eigenvalue weighted by Crippen LogP contribution is 3.37. The first-order valence-corrected chi connectivity index (χ1v) is 17.2. The Balaban J connectivity index is 2.09. The normalized spacial score (nSPS) is 49.8. The van der Waals surface area contributed by atoms with Gasteiger partial charge in [0.15, 0.2) is 0 Å². The summed E-state index contributed by atoms with van der Waals surface area (Å²) < 4.78 is 0.778. The molecule has 0 aliphatic carbocycles. The van der Waals surface area contributed by atoms with Gasteiger partial charge in [-0.3, -0.25) is 0 Å². The summed E-state index contributed by atoms with van der Waals surface area (Å²) in [6.45, 7) is 31.1. The van der Waals surface area contributed by atoms with Gasteiger partial charge in [-0.15, -0.1) is 0 Å². The van der Waals surface area contributed by atoms with Gasteiger partial charge in [-0.1, -0.05) is 99.6 Å². The van der Waals surface area contributed by atoms with Crippen LogP contribution in [-0.4, -0.2) is 19.5 Å². The van der Waals surface area contributed by atoms with E-state index >= 15 is 0 Å². The highest BCUT2D eigenvalue weighted by Gasteiger charge is 3.00. The van der Waals surface area contributed by atoms with Gasteiger partial charge < -0.3 is 0 Å². The second-order valence-corrected chi connectivity index (χ2v) is 28.3. The Morgan fingerprint density at radius 2 is 1.28 bits per heavy atom. The van der Waals surface area contributed by atoms with Crippen LogP contribution in [0.3, 0.4) is 0 Å². The van der Waals surface area contributed by atoms with Crippen molar-refractivity contribution in [3.8, 4) is 0 Å². The monoisotopic (exact) mass is 432 g/mol. The highest BCUT2D eigenvalue weighted by atomic mass is 32.5. The van der Waals surface area contributed by atoms with Gasteiger partial charge in [0.25, 0.3) is 0 Å². The first-order valence-electron chi connectivity index (χ1n) is 9.71. The Bertz CT molecular complexity index is 683. The van der Waals surface area contributed by atoms with E-state index in [0.29, 0.717) is 38.8 Å². The summed E-state index contributed by atoms with van der Waals surface area (Å²) in [6.07, 6.45) is 0. The maximum Gasteiger partial charge on any atom is 0.0570 e. The summed E-state index contributed by atoms with van der Waals surface area (Å²) in [7, 11) is 3.69. The predicted octanol–water partition coefficient (Wildman–Crippen LogP) is 9.30. The van der Waals surface area contributed by atoms with Gasteiger partial charge in [0, 0.05) is 4.90 Å². The summed E-state index contributed by atoms with van der Waals surface area (Å²) in [5.41, 5.74) is 1.78. The molecule has 0 aromatic heterocycles. The minimum Gasteiger partial charge on any atom is -0.0859 e. The average molecular weight is 432 g/mol. The van der Waals surface area contributed by atoms with Gasteiger partial charge in [-0.2, -0.15) is 0 Å². The van der Waals surface area contributed by atoms with E-state index in [1.807, 2.05) is 13.2 Å². The second kappa shape index (κ2) is 4.79. The Hall–Kier alpha value is 1.89. The molecule has 142 valence electrons.